The van der Waals surface area contributed by atoms with Crippen LogP contribution in [0.4, 0.5) is 0 Å². The maximum Gasteiger partial charge on any atom is 0.306 e. The Morgan fingerprint density at radius 3 is 0.776 bits per heavy atom. The molecule has 398 valence electrons. The van der Waals surface area contributed by atoms with E-state index >= 15 is 0 Å². The Labute approximate surface area is 418 Å². The predicted molar refractivity (Wildman–Crippen MR) is 289 cm³/mol. The van der Waals surface area contributed by atoms with Crippen LogP contribution < -0.4 is 0 Å². The van der Waals surface area contributed by atoms with Gasteiger partial charge in [0.25, 0.3) is 0 Å². The van der Waals surface area contributed by atoms with Gasteiger partial charge in [0.05, 0.1) is 0 Å². The van der Waals surface area contributed by atoms with Crippen LogP contribution in [0.25, 0.3) is 0 Å². The molecule has 0 aliphatic heterocycles. The Morgan fingerprint density at radius 1 is 0.299 bits per heavy atom. The fourth-order valence-electron chi connectivity index (χ4n) is 9.34. The molecule has 0 fully saturated rings. The van der Waals surface area contributed by atoms with Crippen LogP contribution in [0.3, 0.4) is 0 Å². The minimum Gasteiger partial charge on any atom is -0.462 e. The van der Waals surface area contributed by atoms with Crippen LogP contribution in [-0.2, 0) is 28.6 Å². The molecule has 2 unspecified atom stereocenters. The van der Waals surface area contributed by atoms with Gasteiger partial charge < -0.3 is 14.2 Å². The summed E-state index contributed by atoms with van der Waals surface area (Å²) in [6.07, 6.45) is 58.2. The van der Waals surface area contributed by atoms with Crippen molar-refractivity contribution in [2.24, 2.45) is 11.8 Å². The standard InChI is InChI=1S/C61H118O6/c1-6-9-10-11-12-13-14-15-16-19-24-27-30-33-36-43-48-53-61(64)67-58(55-66-60(63)52-47-42-38-37-40-45-50-57(5)8-3)54-65-59(62)51-46-41-35-32-29-26-23-21-18-17-20-22-25-28-31-34-39-44-49-56(4)7-2/h56-58H,6-55H2,1-5H3/t56?,57?,58-/m1/s1. The molecule has 0 aromatic rings. The summed E-state index contributed by atoms with van der Waals surface area (Å²) in [6, 6.07) is 0. The minimum atomic E-state index is -0.763. The van der Waals surface area contributed by atoms with Gasteiger partial charge in [-0.15, -0.1) is 0 Å². The van der Waals surface area contributed by atoms with E-state index in [4.69, 9.17) is 14.2 Å². The summed E-state index contributed by atoms with van der Waals surface area (Å²) in [5.74, 6) is 0.883. The van der Waals surface area contributed by atoms with Crippen LogP contribution in [0.2, 0.25) is 0 Å². The highest BCUT2D eigenvalue weighted by Crippen LogP contribution is 2.19. The fraction of sp³-hybridized carbons (Fsp3) is 0.951. The number of unbranched alkanes of at least 4 members (excludes halogenated alkanes) is 38. The Morgan fingerprint density at radius 2 is 0.522 bits per heavy atom. The molecule has 6 heteroatoms. The van der Waals surface area contributed by atoms with Gasteiger partial charge in [-0.1, -0.05) is 304 Å². The Hall–Kier alpha value is -1.59. The highest BCUT2D eigenvalue weighted by Gasteiger charge is 2.19. The summed E-state index contributed by atoms with van der Waals surface area (Å²) in [5, 5.41) is 0. The first-order valence-electron chi connectivity index (χ1n) is 30.3. The molecule has 0 bridgehead atoms. The molecule has 0 amide bonds. The number of rotatable bonds is 55. The van der Waals surface area contributed by atoms with E-state index in [0.29, 0.717) is 19.3 Å². The number of hydrogen-bond donors (Lipinski definition) is 0. The van der Waals surface area contributed by atoms with Crippen molar-refractivity contribution in [2.45, 2.75) is 349 Å². The zero-order valence-electron chi connectivity index (χ0n) is 46.0. The predicted octanol–water partition coefficient (Wildman–Crippen LogP) is 20.0. The van der Waals surface area contributed by atoms with Gasteiger partial charge >= 0.3 is 17.9 Å². The van der Waals surface area contributed by atoms with Crippen molar-refractivity contribution in [3.8, 4) is 0 Å². The number of carbonyl (C=O) groups excluding carboxylic acids is 3. The summed E-state index contributed by atoms with van der Waals surface area (Å²) < 4.78 is 16.9. The Bertz CT molecular complexity index is 1030. The largest absolute Gasteiger partial charge is 0.462 e. The normalized spacial score (nSPS) is 12.9. The first-order valence-corrected chi connectivity index (χ1v) is 30.3. The molecule has 0 radical (unpaired) electrons. The van der Waals surface area contributed by atoms with Gasteiger partial charge in [-0.05, 0) is 31.1 Å². The lowest BCUT2D eigenvalue weighted by Gasteiger charge is -2.18. The highest BCUT2D eigenvalue weighted by molar-refractivity contribution is 5.71. The molecule has 0 aromatic carbocycles. The van der Waals surface area contributed by atoms with E-state index in [1.165, 1.54) is 231 Å². The average molecular weight is 948 g/mol. The molecule has 0 heterocycles. The molecule has 0 saturated carbocycles. The lowest BCUT2D eigenvalue weighted by Crippen LogP contribution is -2.30. The lowest BCUT2D eigenvalue weighted by atomic mass is 9.99. The molecule has 0 N–H and O–H groups in total. The Kier molecular flexibility index (Phi) is 52.5. The van der Waals surface area contributed by atoms with Crippen molar-refractivity contribution in [3.63, 3.8) is 0 Å². The van der Waals surface area contributed by atoms with E-state index in [9.17, 15) is 14.4 Å². The van der Waals surface area contributed by atoms with Crippen LogP contribution in [0.5, 0.6) is 0 Å². The van der Waals surface area contributed by atoms with Crippen LogP contribution in [0, 0.1) is 11.8 Å². The van der Waals surface area contributed by atoms with Gasteiger partial charge in [-0.3, -0.25) is 14.4 Å². The quantitative estimate of drug-likeness (QED) is 0.0343. The van der Waals surface area contributed by atoms with Crippen molar-refractivity contribution >= 4 is 17.9 Å². The molecule has 0 spiro atoms. The summed E-state index contributed by atoms with van der Waals surface area (Å²) in [6.45, 7) is 11.4. The zero-order chi connectivity index (χ0) is 48.9. The molecule has 67 heavy (non-hydrogen) atoms. The molecule has 0 saturated heterocycles. The summed E-state index contributed by atoms with van der Waals surface area (Å²) in [7, 11) is 0. The molecule has 3 atom stereocenters. The topological polar surface area (TPSA) is 78.9 Å². The summed E-state index contributed by atoms with van der Waals surface area (Å²) in [5.41, 5.74) is 0. The summed E-state index contributed by atoms with van der Waals surface area (Å²) >= 11 is 0. The first-order chi connectivity index (χ1) is 32.8. The molecule has 6 nitrogen and oxygen atoms in total. The average Bonchev–Trinajstić information content (AvgIpc) is 3.33. The minimum absolute atomic E-state index is 0.0632. The van der Waals surface area contributed by atoms with Gasteiger partial charge in [0.15, 0.2) is 6.10 Å². The highest BCUT2D eigenvalue weighted by atomic mass is 16.6. The molecule has 0 aliphatic carbocycles. The monoisotopic (exact) mass is 947 g/mol. The number of ether oxygens (including phenoxy) is 3. The second kappa shape index (κ2) is 53.8. The molecular weight excluding hydrogens is 829 g/mol. The van der Waals surface area contributed by atoms with E-state index < -0.39 is 6.10 Å². The van der Waals surface area contributed by atoms with E-state index in [1.54, 1.807) is 0 Å². The van der Waals surface area contributed by atoms with Crippen molar-refractivity contribution in [3.05, 3.63) is 0 Å². The smallest absolute Gasteiger partial charge is 0.306 e. The van der Waals surface area contributed by atoms with E-state index in [1.807, 2.05) is 0 Å². The molecule has 0 aromatic heterocycles. The summed E-state index contributed by atoms with van der Waals surface area (Å²) in [4.78, 5) is 38.1. The third-order valence-corrected chi connectivity index (χ3v) is 14.7. The van der Waals surface area contributed by atoms with Gasteiger partial charge in [-0.2, -0.15) is 0 Å². The van der Waals surface area contributed by atoms with Gasteiger partial charge in [0.1, 0.15) is 13.2 Å². The molecule has 0 rings (SSSR count). The molecular formula is C61H118O6. The van der Waals surface area contributed by atoms with Gasteiger partial charge in [0, 0.05) is 19.3 Å². The fourth-order valence-corrected chi connectivity index (χ4v) is 9.34. The van der Waals surface area contributed by atoms with Gasteiger partial charge in [-0.25, -0.2) is 0 Å². The third-order valence-electron chi connectivity index (χ3n) is 14.7. The lowest BCUT2D eigenvalue weighted by molar-refractivity contribution is -0.167. The van der Waals surface area contributed by atoms with Crippen molar-refractivity contribution < 1.29 is 28.6 Å². The van der Waals surface area contributed by atoms with Gasteiger partial charge in [0.2, 0.25) is 0 Å². The van der Waals surface area contributed by atoms with Crippen LogP contribution in [0.1, 0.15) is 343 Å². The second-order valence-corrected chi connectivity index (χ2v) is 21.5. The molecule has 0 aliphatic rings. The van der Waals surface area contributed by atoms with Crippen LogP contribution in [-0.4, -0.2) is 37.2 Å². The van der Waals surface area contributed by atoms with E-state index in [0.717, 1.165) is 69.6 Å². The number of carbonyl (C=O) groups is 3. The number of hydrogen-bond acceptors (Lipinski definition) is 6. The van der Waals surface area contributed by atoms with Crippen LogP contribution >= 0.6 is 0 Å². The second-order valence-electron chi connectivity index (χ2n) is 21.5. The van der Waals surface area contributed by atoms with E-state index in [2.05, 4.69) is 34.6 Å². The Balaban J connectivity index is 4.20. The first kappa shape index (κ1) is 65.4. The maximum atomic E-state index is 12.9. The van der Waals surface area contributed by atoms with Crippen molar-refractivity contribution in [2.75, 3.05) is 13.2 Å². The SMILES string of the molecule is CCCCCCCCCCCCCCCCCCCC(=O)O[C@H](COC(=O)CCCCCCCCCCCCCCCCCCCCC(C)CC)COC(=O)CCCCCCCCC(C)CC. The van der Waals surface area contributed by atoms with E-state index in [-0.39, 0.29) is 31.1 Å². The number of esters is 3. The van der Waals surface area contributed by atoms with Crippen LogP contribution in [0.15, 0.2) is 0 Å². The maximum absolute atomic E-state index is 12.9. The zero-order valence-corrected chi connectivity index (χ0v) is 46.0. The van der Waals surface area contributed by atoms with Crippen molar-refractivity contribution in [1.29, 1.82) is 0 Å². The third kappa shape index (κ3) is 52.1. The van der Waals surface area contributed by atoms with Crippen molar-refractivity contribution in [1.82, 2.24) is 0 Å².